The Morgan fingerprint density at radius 1 is 1.09 bits per heavy atom. The molecule has 0 bridgehead atoms. The molecular formula is C9H19ClO. The van der Waals surface area contributed by atoms with Gasteiger partial charge in [-0.2, -0.15) is 0 Å². The van der Waals surface area contributed by atoms with Crippen LogP contribution in [0.3, 0.4) is 0 Å². The van der Waals surface area contributed by atoms with Crippen molar-refractivity contribution < 1.29 is 5.11 Å². The zero-order valence-electron chi connectivity index (χ0n) is 7.09. The molecule has 0 aromatic carbocycles. The second-order valence-corrected chi connectivity index (χ2v) is 3.37. The Balaban J connectivity index is 0.000001000. The largest absolute Gasteiger partial charge is 0.396 e. The van der Waals surface area contributed by atoms with E-state index in [1.165, 1.54) is 38.5 Å². The van der Waals surface area contributed by atoms with Gasteiger partial charge < -0.3 is 5.11 Å². The molecule has 1 aliphatic rings. The molecular weight excluding hydrogens is 160 g/mol. The number of hydrogen-bond donors (Lipinski definition) is 1. The van der Waals surface area contributed by atoms with Gasteiger partial charge in [-0.05, 0) is 18.8 Å². The SMILES string of the molecule is Cl.OCCCC1CCCCC1. The minimum Gasteiger partial charge on any atom is -0.396 e. The van der Waals surface area contributed by atoms with Crippen LogP contribution in [0.15, 0.2) is 0 Å². The van der Waals surface area contributed by atoms with Crippen LogP contribution in [-0.4, -0.2) is 11.7 Å². The molecule has 2 heteroatoms. The Bertz CT molecular complexity index is 79.6. The molecule has 0 aliphatic heterocycles. The van der Waals surface area contributed by atoms with E-state index in [1.807, 2.05) is 0 Å². The average molecular weight is 179 g/mol. The number of aliphatic hydroxyl groups is 1. The first-order chi connectivity index (χ1) is 4.93. The molecule has 0 aromatic heterocycles. The van der Waals surface area contributed by atoms with Crippen molar-refractivity contribution in [2.45, 2.75) is 44.9 Å². The maximum Gasteiger partial charge on any atom is 0.0431 e. The van der Waals surface area contributed by atoms with Gasteiger partial charge in [0.15, 0.2) is 0 Å². The quantitative estimate of drug-likeness (QED) is 0.705. The summed E-state index contributed by atoms with van der Waals surface area (Å²) in [5, 5.41) is 8.60. The van der Waals surface area contributed by atoms with E-state index in [0.717, 1.165) is 12.3 Å². The number of aliphatic hydroxyl groups excluding tert-OH is 1. The number of hydrogen-bond acceptors (Lipinski definition) is 1. The van der Waals surface area contributed by atoms with Gasteiger partial charge in [0, 0.05) is 6.61 Å². The van der Waals surface area contributed by atoms with Crippen LogP contribution in [0, 0.1) is 5.92 Å². The van der Waals surface area contributed by atoms with Gasteiger partial charge in [0.25, 0.3) is 0 Å². The molecule has 11 heavy (non-hydrogen) atoms. The predicted octanol–water partition coefficient (Wildman–Crippen LogP) is 2.76. The predicted molar refractivity (Wildman–Crippen MR) is 50.1 cm³/mol. The molecule has 1 aliphatic carbocycles. The topological polar surface area (TPSA) is 20.2 Å². The number of rotatable bonds is 3. The first-order valence-electron chi connectivity index (χ1n) is 4.54. The fourth-order valence-corrected chi connectivity index (χ4v) is 1.86. The van der Waals surface area contributed by atoms with E-state index in [2.05, 4.69) is 0 Å². The molecule has 0 aromatic rings. The van der Waals surface area contributed by atoms with E-state index in [1.54, 1.807) is 0 Å². The smallest absolute Gasteiger partial charge is 0.0431 e. The van der Waals surface area contributed by atoms with Gasteiger partial charge >= 0.3 is 0 Å². The molecule has 0 unspecified atom stereocenters. The minimum atomic E-state index is 0. The highest BCUT2D eigenvalue weighted by molar-refractivity contribution is 5.85. The Morgan fingerprint density at radius 2 is 1.73 bits per heavy atom. The molecule has 0 radical (unpaired) electrons. The molecule has 68 valence electrons. The van der Waals surface area contributed by atoms with Crippen molar-refractivity contribution in [3.8, 4) is 0 Å². The second-order valence-electron chi connectivity index (χ2n) is 3.37. The molecule has 1 rings (SSSR count). The van der Waals surface area contributed by atoms with E-state index in [-0.39, 0.29) is 12.4 Å². The molecule has 1 N–H and O–H groups in total. The van der Waals surface area contributed by atoms with Gasteiger partial charge in [-0.3, -0.25) is 0 Å². The fraction of sp³-hybridized carbons (Fsp3) is 1.00. The Labute approximate surface area is 75.6 Å². The molecule has 0 heterocycles. The Kier molecular flexibility index (Phi) is 7.09. The van der Waals surface area contributed by atoms with Crippen molar-refractivity contribution >= 4 is 12.4 Å². The third-order valence-corrected chi connectivity index (χ3v) is 2.50. The molecule has 0 amide bonds. The summed E-state index contributed by atoms with van der Waals surface area (Å²) < 4.78 is 0. The van der Waals surface area contributed by atoms with Crippen LogP contribution >= 0.6 is 12.4 Å². The highest BCUT2D eigenvalue weighted by Crippen LogP contribution is 2.26. The summed E-state index contributed by atoms with van der Waals surface area (Å²) in [4.78, 5) is 0. The molecule has 1 fully saturated rings. The van der Waals surface area contributed by atoms with Crippen LogP contribution < -0.4 is 0 Å². The first kappa shape index (κ1) is 11.2. The first-order valence-corrected chi connectivity index (χ1v) is 4.54. The van der Waals surface area contributed by atoms with Crippen LogP contribution in [0.25, 0.3) is 0 Å². The second kappa shape index (κ2) is 6.93. The van der Waals surface area contributed by atoms with Crippen LogP contribution in [0.5, 0.6) is 0 Å². The van der Waals surface area contributed by atoms with E-state index < -0.39 is 0 Å². The van der Waals surface area contributed by atoms with Crippen LogP contribution in [0.1, 0.15) is 44.9 Å². The van der Waals surface area contributed by atoms with E-state index in [9.17, 15) is 0 Å². The number of halogens is 1. The summed E-state index contributed by atoms with van der Waals surface area (Å²) in [5.74, 6) is 0.945. The molecule has 0 atom stereocenters. The maximum atomic E-state index is 8.60. The van der Waals surface area contributed by atoms with Crippen molar-refractivity contribution in [1.82, 2.24) is 0 Å². The van der Waals surface area contributed by atoms with Gasteiger partial charge in [0.05, 0.1) is 0 Å². The van der Waals surface area contributed by atoms with Gasteiger partial charge in [0.1, 0.15) is 0 Å². The standard InChI is InChI=1S/C9H18O.ClH/c10-8-4-7-9-5-2-1-3-6-9;/h9-10H,1-8H2;1H. The Morgan fingerprint density at radius 3 is 2.27 bits per heavy atom. The summed E-state index contributed by atoms with van der Waals surface area (Å²) >= 11 is 0. The normalized spacial score (nSPS) is 19.4. The van der Waals surface area contributed by atoms with E-state index in [4.69, 9.17) is 5.11 Å². The van der Waals surface area contributed by atoms with Crippen molar-refractivity contribution in [2.24, 2.45) is 5.92 Å². The monoisotopic (exact) mass is 178 g/mol. The molecule has 1 saturated carbocycles. The van der Waals surface area contributed by atoms with Gasteiger partial charge in [-0.25, -0.2) is 0 Å². The van der Waals surface area contributed by atoms with Crippen LogP contribution in [-0.2, 0) is 0 Å². The summed E-state index contributed by atoms with van der Waals surface area (Å²) in [5.41, 5.74) is 0. The van der Waals surface area contributed by atoms with Crippen molar-refractivity contribution in [3.05, 3.63) is 0 Å². The van der Waals surface area contributed by atoms with E-state index in [0.29, 0.717) is 6.61 Å². The maximum absolute atomic E-state index is 8.60. The van der Waals surface area contributed by atoms with Crippen molar-refractivity contribution in [2.75, 3.05) is 6.61 Å². The summed E-state index contributed by atoms with van der Waals surface area (Å²) in [6.07, 6.45) is 9.41. The average Bonchev–Trinajstić information content (AvgIpc) is 2.03. The lowest BCUT2D eigenvalue weighted by molar-refractivity contribution is 0.253. The van der Waals surface area contributed by atoms with Crippen LogP contribution in [0.2, 0.25) is 0 Å². The van der Waals surface area contributed by atoms with Gasteiger partial charge in [-0.15, -0.1) is 12.4 Å². The van der Waals surface area contributed by atoms with Gasteiger partial charge in [0.2, 0.25) is 0 Å². The Hall–Kier alpha value is 0.250. The lowest BCUT2D eigenvalue weighted by Gasteiger charge is -2.20. The highest BCUT2D eigenvalue weighted by Gasteiger charge is 2.11. The molecule has 0 saturated heterocycles. The third kappa shape index (κ3) is 4.65. The lowest BCUT2D eigenvalue weighted by Crippen LogP contribution is -2.06. The lowest BCUT2D eigenvalue weighted by atomic mass is 9.86. The third-order valence-electron chi connectivity index (χ3n) is 2.50. The highest BCUT2D eigenvalue weighted by atomic mass is 35.5. The summed E-state index contributed by atoms with van der Waals surface area (Å²) in [7, 11) is 0. The zero-order valence-corrected chi connectivity index (χ0v) is 7.91. The van der Waals surface area contributed by atoms with Crippen molar-refractivity contribution in [3.63, 3.8) is 0 Å². The zero-order chi connectivity index (χ0) is 7.23. The molecule has 0 spiro atoms. The van der Waals surface area contributed by atoms with Gasteiger partial charge in [-0.1, -0.05) is 32.1 Å². The molecule has 1 nitrogen and oxygen atoms in total. The fourth-order valence-electron chi connectivity index (χ4n) is 1.86. The summed E-state index contributed by atoms with van der Waals surface area (Å²) in [6, 6.07) is 0. The van der Waals surface area contributed by atoms with Crippen molar-refractivity contribution in [1.29, 1.82) is 0 Å². The minimum absolute atomic E-state index is 0. The van der Waals surface area contributed by atoms with Crippen LogP contribution in [0.4, 0.5) is 0 Å². The summed E-state index contributed by atoms with van der Waals surface area (Å²) in [6.45, 7) is 0.385. The van der Waals surface area contributed by atoms with E-state index >= 15 is 0 Å².